The van der Waals surface area contributed by atoms with Crippen LogP contribution in [-0.2, 0) is 4.74 Å². The number of carbonyl (C=O) groups is 1. The van der Waals surface area contributed by atoms with E-state index in [1.807, 2.05) is 0 Å². The second kappa shape index (κ2) is 6.68. The number of hydrogen-bond acceptors (Lipinski definition) is 5. The van der Waals surface area contributed by atoms with E-state index in [1.54, 1.807) is 20.1 Å². The molecule has 1 saturated heterocycles. The molecule has 6 nitrogen and oxygen atoms in total. The third kappa shape index (κ3) is 3.78. The standard InChI is InChI=1S/C13H21N3O3/c1-10-8-12(19-15-10)13(17)14-9-11-4-3-5-16(11)6-7-18-2/h8,11H,3-7,9H2,1-2H3,(H,14,17). The van der Waals surface area contributed by atoms with Crippen LogP contribution in [0, 0.1) is 6.92 Å². The average Bonchev–Trinajstić information content (AvgIpc) is 3.02. The van der Waals surface area contributed by atoms with Gasteiger partial charge in [-0.2, -0.15) is 0 Å². The molecule has 19 heavy (non-hydrogen) atoms. The first-order chi connectivity index (χ1) is 9.20. The molecule has 1 amide bonds. The van der Waals surface area contributed by atoms with Gasteiger partial charge < -0.3 is 14.6 Å². The quantitative estimate of drug-likeness (QED) is 0.826. The summed E-state index contributed by atoms with van der Waals surface area (Å²) in [5.74, 6) is 0.0816. The Morgan fingerprint density at radius 1 is 1.68 bits per heavy atom. The topological polar surface area (TPSA) is 67.6 Å². The van der Waals surface area contributed by atoms with Gasteiger partial charge in [0, 0.05) is 32.3 Å². The lowest BCUT2D eigenvalue weighted by atomic mass is 10.2. The first kappa shape index (κ1) is 14.0. The average molecular weight is 267 g/mol. The van der Waals surface area contributed by atoms with E-state index >= 15 is 0 Å². The van der Waals surface area contributed by atoms with Crippen LogP contribution in [0.4, 0.5) is 0 Å². The van der Waals surface area contributed by atoms with Crippen LogP contribution in [0.1, 0.15) is 29.1 Å². The summed E-state index contributed by atoms with van der Waals surface area (Å²) < 4.78 is 10.0. The molecule has 2 rings (SSSR count). The molecule has 6 heteroatoms. The van der Waals surface area contributed by atoms with Crippen molar-refractivity contribution in [1.29, 1.82) is 0 Å². The maximum Gasteiger partial charge on any atom is 0.289 e. The van der Waals surface area contributed by atoms with Crippen molar-refractivity contribution in [3.63, 3.8) is 0 Å². The fourth-order valence-corrected chi connectivity index (χ4v) is 2.40. The summed E-state index contributed by atoms with van der Waals surface area (Å²) in [6, 6.07) is 2.04. The predicted octanol–water partition coefficient (Wildman–Crippen LogP) is 0.824. The van der Waals surface area contributed by atoms with Crippen molar-refractivity contribution in [2.75, 3.05) is 33.4 Å². The molecule has 1 aliphatic rings. The molecule has 0 aromatic carbocycles. The number of likely N-dealkylation sites (tertiary alicyclic amines) is 1. The van der Waals surface area contributed by atoms with Crippen LogP contribution in [0.2, 0.25) is 0 Å². The van der Waals surface area contributed by atoms with Gasteiger partial charge in [0.15, 0.2) is 0 Å². The molecule has 1 aromatic heterocycles. The third-order valence-electron chi connectivity index (χ3n) is 3.43. The first-order valence-electron chi connectivity index (χ1n) is 6.65. The predicted molar refractivity (Wildman–Crippen MR) is 70.0 cm³/mol. The van der Waals surface area contributed by atoms with Crippen molar-refractivity contribution >= 4 is 5.91 Å². The molecular formula is C13H21N3O3. The summed E-state index contributed by atoms with van der Waals surface area (Å²) in [7, 11) is 1.71. The van der Waals surface area contributed by atoms with Crippen molar-refractivity contribution < 1.29 is 14.1 Å². The summed E-state index contributed by atoms with van der Waals surface area (Å²) in [5.41, 5.74) is 0.715. The summed E-state index contributed by atoms with van der Waals surface area (Å²) in [6.07, 6.45) is 2.28. The van der Waals surface area contributed by atoms with Gasteiger partial charge in [-0.05, 0) is 26.3 Å². The van der Waals surface area contributed by atoms with Crippen LogP contribution in [0.5, 0.6) is 0 Å². The zero-order valence-electron chi connectivity index (χ0n) is 11.5. The van der Waals surface area contributed by atoms with Crippen molar-refractivity contribution in [2.24, 2.45) is 0 Å². The van der Waals surface area contributed by atoms with Gasteiger partial charge in [0.1, 0.15) is 0 Å². The SMILES string of the molecule is COCCN1CCCC1CNC(=O)c1cc(C)no1. The van der Waals surface area contributed by atoms with Gasteiger partial charge in [-0.15, -0.1) is 0 Å². The zero-order valence-corrected chi connectivity index (χ0v) is 11.5. The molecule has 1 aliphatic heterocycles. The van der Waals surface area contributed by atoms with Crippen LogP contribution in [0.15, 0.2) is 10.6 Å². The number of nitrogens with zero attached hydrogens (tertiary/aromatic N) is 2. The molecular weight excluding hydrogens is 246 g/mol. The van der Waals surface area contributed by atoms with E-state index in [4.69, 9.17) is 9.26 Å². The van der Waals surface area contributed by atoms with E-state index in [0.717, 1.165) is 26.1 Å². The van der Waals surface area contributed by atoms with Gasteiger partial charge in [0.05, 0.1) is 12.3 Å². The van der Waals surface area contributed by atoms with Crippen LogP contribution in [0.25, 0.3) is 0 Å². The summed E-state index contributed by atoms with van der Waals surface area (Å²) >= 11 is 0. The minimum atomic E-state index is -0.195. The molecule has 0 radical (unpaired) electrons. The molecule has 1 N–H and O–H groups in total. The summed E-state index contributed by atoms with van der Waals surface area (Å²) in [5, 5.41) is 6.62. The molecule has 1 aromatic rings. The highest BCUT2D eigenvalue weighted by atomic mass is 16.5. The normalized spacial score (nSPS) is 19.8. The minimum absolute atomic E-state index is 0.195. The molecule has 106 valence electrons. The Labute approximate surface area is 113 Å². The van der Waals surface area contributed by atoms with Gasteiger partial charge in [-0.1, -0.05) is 5.16 Å². The highest BCUT2D eigenvalue weighted by Gasteiger charge is 2.24. The number of rotatable bonds is 6. The van der Waals surface area contributed by atoms with E-state index < -0.39 is 0 Å². The van der Waals surface area contributed by atoms with Gasteiger partial charge in [0.25, 0.3) is 5.91 Å². The van der Waals surface area contributed by atoms with Crippen molar-refractivity contribution in [3.05, 3.63) is 17.5 Å². The number of ether oxygens (including phenoxy) is 1. The Balaban J connectivity index is 1.79. The number of aromatic nitrogens is 1. The Morgan fingerprint density at radius 3 is 3.21 bits per heavy atom. The number of amides is 1. The van der Waals surface area contributed by atoms with E-state index in [0.29, 0.717) is 18.3 Å². The van der Waals surface area contributed by atoms with Gasteiger partial charge in [-0.3, -0.25) is 9.69 Å². The smallest absolute Gasteiger partial charge is 0.289 e. The van der Waals surface area contributed by atoms with Crippen LogP contribution in [-0.4, -0.2) is 55.4 Å². The van der Waals surface area contributed by atoms with Crippen LogP contribution < -0.4 is 5.32 Å². The second-order valence-corrected chi connectivity index (χ2v) is 4.87. The van der Waals surface area contributed by atoms with Crippen molar-refractivity contribution in [1.82, 2.24) is 15.4 Å². The first-order valence-corrected chi connectivity index (χ1v) is 6.65. The molecule has 0 spiro atoms. The number of carbonyl (C=O) groups excluding carboxylic acids is 1. The lowest BCUT2D eigenvalue weighted by Gasteiger charge is -2.23. The van der Waals surface area contributed by atoms with Gasteiger partial charge in [-0.25, -0.2) is 0 Å². The highest BCUT2D eigenvalue weighted by molar-refractivity contribution is 5.91. The molecule has 0 aliphatic carbocycles. The fourth-order valence-electron chi connectivity index (χ4n) is 2.40. The third-order valence-corrected chi connectivity index (χ3v) is 3.43. The Hall–Kier alpha value is -1.40. The summed E-state index contributed by atoms with van der Waals surface area (Å²) in [4.78, 5) is 14.2. The Bertz CT molecular complexity index is 419. The van der Waals surface area contributed by atoms with E-state index in [2.05, 4.69) is 15.4 Å². The molecule has 1 atom stereocenters. The fraction of sp³-hybridized carbons (Fsp3) is 0.692. The Kier molecular flexibility index (Phi) is 4.93. The maximum absolute atomic E-state index is 11.8. The van der Waals surface area contributed by atoms with E-state index in [1.165, 1.54) is 6.42 Å². The molecule has 2 heterocycles. The van der Waals surface area contributed by atoms with Crippen molar-refractivity contribution in [3.8, 4) is 0 Å². The lowest BCUT2D eigenvalue weighted by Crippen LogP contribution is -2.41. The minimum Gasteiger partial charge on any atom is -0.383 e. The van der Waals surface area contributed by atoms with Crippen LogP contribution in [0.3, 0.4) is 0 Å². The van der Waals surface area contributed by atoms with E-state index in [9.17, 15) is 4.79 Å². The lowest BCUT2D eigenvalue weighted by molar-refractivity contribution is 0.0896. The number of methoxy groups -OCH3 is 1. The largest absolute Gasteiger partial charge is 0.383 e. The maximum atomic E-state index is 11.8. The molecule has 0 bridgehead atoms. The van der Waals surface area contributed by atoms with Crippen LogP contribution >= 0.6 is 0 Å². The molecule has 1 fully saturated rings. The monoisotopic (exact) mass is 267 g/mol. The second-order valence-electron chi connectivity index (χ2n) is 4.87. The van der Waals surface area contributed by atoms with Gasteiger partial charge >= 0.3 is 0 Å². The molecule has 0 saturated carbocycles. The zero-order chi connectivity index (χ0) is 13.7. The van der Waals surface area contributed by atoms with E-state index in [-0.39, 0.29) is 11.7 Å². The number of aryl methyl sites for hydroxylation is 1. The summed E-state index contributed by atoms with van der Waals surface area (Å²) in [6.45, 7) is 5.15. The number of nitrogens with one attached hydrogen (secondary N) is 1. The van der Waals surface area contributed by atoms with Gasteiger partial charge in [0.2, 0.25) is 5.76 Å². The highest BCUT2D eigenvalue weighted by Crippen LogP contribution is 2.16. The number of hydrogen-bond donors (Lipinski definition) is 1. The van der Waals surface area contributed by atoms with Crippen molar-refractivity contribution in [2.45, 2.75) is 25.8 Å². The Morgan fingerprint density at radius 2 is 2.53 bits per heavy atom. The molecule has 1 unspecified atom stereocenters.